The largest absolute Gasteiger partial charge is 0.460 e. The molecule has 1 aliphatic heterocycles. The number of nitrogens with zero attached hydrogens (tertiary/aromatic N) is 1. The number of carbonyl (C=O) groups excluding carboxylic acids is 3. The molecule has 0 spiro atoms. The van der Waals surface area contributed by atoms with Crippen molar-refractivity contribution in [3.05, 3.63) is 71.8 Å². The summed E-state index contributed by atoms with van der Waals surface area (Å²) in [5.41, 5.74) is 6.48. The molecular weight excluding hydrogens is 580 g/mol. The maximum atomic E-state index is 12.3. The number of esters is 2. The fourth-order valence-corrected chi connectivity index (χ4v) is 4.71. The molecule has 43 heavy (non-hydrogen) atoms. The zero-order valence-corrected chi connectivity index (χ0v) is 25.9. The second kappa shape index (κ2) is 17.6. The summed E-state index contributed by atoms with van der Waals surface area (Å²) in [6, 6.07) is 16.5. The molecule has 12 nitrogen and oxygen atoms in total. The van der Waals surface area contributed by atoms with Crippen molar-refractivity contribution in [1.29, 1.82) is 0 Å². The maximum Gasteiger partial charge on any atom is 0.426 e. The third kappa shape index (κ3) is 13.1. The van der Waals surface area contributed by atoms with Crippen molar-refractivity contribution < 1.29 is 45.9 Å². The van der Waals surface area contributed by atoms with Crippen LogP contribution in [0.2, 0.25) is 0 Å². The van der Waals surface area contributed by atoms with Crippen molar-refractivity contribution in [2.75, 3.05) is 19.8 Å². The van der Waals surface area contributed by atoms with Gasteiger partial charge < -0.3 is 24.7 Å². The Balaban J connectivity index is 0.000000317. The van der Waals surface area contributed by atoms with E-state index in [2.05, 4.69) is 4.18 Å². The number of amides is 1. The Kier molecular flexibility index (Phi) is 14.6. The van der Waals surface area contributed by atoms with Gasteiger partial charge in [-0.1, -0.05) is 67.6 Å². The summed E-state index contributed by atoms with van der Waals surface area (Å²) in [7, 11) is -4.41. The zero-order chi connectivity index (χ0) is 31.9. The van der Waals surface area contributed by atoms with Gasteiger partial charge >= 0.3 is 28.3 Å². The smallest absolute Gasteiger partial charge is 0.426 e. The van der Waals surface area contributed by atoms with Gasteiger partial charge in [0.25, 0.3) is 0 Å². The molecule has 0 saturated carbocycles. The van der Waals surface area contributed by atoms with Crippen LogP contribution in [0.3, 0.4) is 0 Å². The monoisotopic (exact) mass is 622 g/mol. The van der Waals surface area contributed by atoms with E-state index in [9.17, 15) is 22.8 Å². The average molecular weight is 623 g/mol. The van der Waals surface area contributed by atoms with Crippen LogP contribution in [-0.2, 0) is 56.2 Å². The highest BCUT2D eigenvalue weighted by molar-refractivity contribution is 7.85. The van der Waals surface area contributed by atoms with Crippen LogP contribution in [0.1, 0.15) is 58.1 Å². The molecule has 2 aromatic rings. The first-order chi connectivity index (χ1) is 20.3. The second-order valence-electron chi connectivity index (χ2n) is 10.6. The molecule has 1 amide bonds. The van der Waals surface area contributed by atoms with E-state index < -0.39 is 40.1 Å². The molecule has 2 N–H and O–H groups in total. The van der Waals surface area contributed by atoms with Gasteiger partial charge in [0.05, 0.1) is 6.61 Å². The number of carbonyl (C=O) groups is 3. The van der Waals surface area contributed by atoms with Crippen LogP contribution in [0.5, 0.6) is 0 Å². The third-order valence-electron chi connectivity index (χ3n) is 5.67. The quantitative estimate of drug-likeness (QED) is 0.220. The van der Waals surface area contributed by atoms with Gasteiger partial charge in [0.2, 0.25) is 0 Å². The second-order valence-corrected chi connectivity index (χ2v) is 12.0. The first-order valence-electron chi connectivity index (χ1n) is 14.0. The van der Waals surface area contributed by atoms with E-state index >= 15 is 0 Å². The predicted molar refractivity (Wildman–Crippen MR) is 158 cm³/mol. The lowest BCUT2D eigenvalue weighted by molar-refractivity contribution is -0.151. The lowest BCUT2D eigenvalue weighted by atomic mass is 10.2. The van der Waals surface area contributed by atoms with Crippen LogP contribution in [0, 0.1) is 0 Å². The first kappa shape index (κ1) is 35.7. The topological polar surface area (TPSA) is 161 Å². The predicted octanol–water partition coefficient (Wildman–Crippen LogP) is 3.87. The molecule has 0 aromatic heterocycles. The first-order valence-corrected chi connectivity index (χ1v) is 15.4. The fourth-order valence-electron chi connectivity index (χ4n) is 3.57. The van der Waals surface area contributed by atoms with Gasteiger partial charge in [-0.15, -0.1) is 0 Å². The highest BCUT2D eigenvalue weighted by atomic mass is 32.2. The van der Waals surface area contributed by atoms with E-state index in [-0.39, 0.29) is 32.2 Å². The lowest BCUT2D eigenvalue weighted by Gasteiger charge is -2.33. The van der Waals surface area contributed by atoms with Gasteiger partial charge in [0.1, 0.15) is 24.9 Å². The maximum absolute atomic E-state index is 12.3. The summed E-state index contributed by atoms with van der Waals surface area (Å²) >= 11 is 0. The van der Waals surface area contributed by atoms with Gasteiger partial charge in [-0.2, -0.15) is 12.7 Å². The number of benzene rings is 2. The van der Waals surface area contributed by atoms with Gasteiger partial charge in [-0.3, -0.25) is 8.98 Å². The molecular formula is C30H42N2O10S. The molecule has 0 bridgehead atoms. The van der Waals surface area contributed by atoms with Crippen molar-refractivity contribution in [1.82, 2.24) is 4.31 Å². The van der Waals surface area contributed by atoms with Crippen molar-refractivity contribution in [3.8, 4) is 0 Å². The molecule has 2 atom stereocenters. The van der Waals surface area contributed by atoms with Crippen LogP contribution < -0.4 is 5.73 Å². The molecule has 0 aliphatic carbocycles. The number of rotatable bonds is 11. The minimum atomic E-state index is -4.41. The Bertz CT molecular complexity index is 1250. The summed E-state index contributed by atoms with van der Waals surface area (Å²) in [6.07, 6.45) is 0.279. The van der Waals surface area contributed by atoms with E-state index in [0.717, 1.165) is 17.5 Å². The molecule has 1 heterocycles. The van der Waals surface area contributed by atoms with Crippen molar-refractivity contribution in [2.45, 2.75) is 77.9 Å². The minimum absolute atomic E-state index is 0.00784. The Morgan fingerprint density at radius 3 is 2.05 bits per heavy atom. The summed E-state index contributed by atoms with van der Waals surface area (Å²) in [5.74, 6) is -1.21. The molecule has 2 aromatic carbocycles. The molecule has 0 radical (unpaired) electrons. The number of hydrogen-bond acceptors (Lipinski definition) is 11. The normalized spacial score (nSPS) is 16.7. The standard InChI is InChI=1S/C16H21NO7S.C14H21NO3/c1-16(2,3)24-15(19)17-13(9-10-23-25(17,20)21)14(18)22-11-12-7-5-4-6-8-12;1-2-9-17-10-8-13(15)14(16)18-11-12-6-4-3-5-7-12/h4-8,13H,9-11H2,1-3H3;3-7,13H,2,8-11,15H2,1H3/t2*13-/m00/s1. The molecule has 0 unspecified atom stereocenters. The van der Waals surface area contributed by atoms with E-state index in [1.165, 1.54) is 0 Å². The molecule has 1 fully saturated rings. The van der Waals surface area contributed by atoms with Gasteiger partial charge in [-0.25, -0.2) is 9.59 Å². The Hall–Kier alpha value is -3.52. The van der Waals surface area contributed by atoms with Gasteiger partial charge in [0.15, 0.2) is 6.04 Å². The lowest BCUT2D eigenvalue weighted by Crippen LogP contribution is -2.54. The average Bonchev–Trinajstić information content (AvgIpc) is 2.96. The van der Waals surface area contributed by atoms with Crippen LogP contribution in [0.4, 0.5) is 4.79 Å². The highest BCUT2D eigenvalue weighted by Gasteiger charge is 2.46. The Morgan fingerprint density at radius 1 is 0.953 bits per heavy atom. The van der Waals surface area contributed by atoms with E-state index in [4.69, 9.17) is 24.7 Å². The molecule has 1 aliphatic rings. The SMILES string of the molecule is CC(C)(C)OC(=O)N1[C@H](C(=O)OCc2ccccc2)CCOS1(=O)=O.CCCOCC[C@H](N)C(=O)OCc1ccccc1. The molecule has 13 heteroatoms. The van der Waals surface area contributed by atoms with Crippen LogP contribution in [0.25, 0.3) is 0 Å². The summed E-state index contributed by atoms with van der Waals surface area (Å²) in [4.78, 5) is 36.2. The van der Waals surface area contributed by atoms with Crippen LogP contribution in [0.15, 0.2) is 60.7 Å². The van der Waals surface area contributed by atoms with E-state index in [1.807, 2.05) is 43.3 Å². The third-order valence-corrected chi connectivity index (χ3v) is 7.02. The number of nitrogens with two attached hydrogens (primary N) is 1. The molecule has 238 valence electrons. The van der Waals surface area contributed by atoms with Crippen molar-refractivity contribution >= 4 is 28.3 Å². The van der Waals surface area contributed by atoms with Gasteiger partial charge in [0, 0.05) is 19.6 Å². The van der Waals surface area contributed by atoms with E-state index in [1.54, 1.807) is 45.0 Å². The van der Waals surface area contributed by atoms with Crippen LogP contribution >= 0.6 is 0 Å². The van der Waals surface area contributed by atoms with E-state index in [0.29, 0.717) is 23.9 Å². The van der Waals surface area contributed by atoms with Crippen LogP contribution in [-0.4, -0.2) is 68.3 Å². The Morgan fingerprint density at radius 2 is 1.51 bits per heavy atom. The zero-order valence-electron chi connectivity index (χ0n) is 25.1. The fraction of sp³-hybridized carbons (Fsp3) is 0.500. The van der Waals surface area contributed by atoms with Crippen molar-refractivity contribution in [2.24, 2.45) is 5.73 Å². The number of hydrogen-bond donors (Lipinski definition) is 1. The Labute approximate surface area is 253 Å². The molecule has 3 rings (SSSR count). The highest BCUT2D eigenvalue weighted by Crippen LogP contribution is 2.24. The summed E-state index contributed by atoms with van der Waals surface area (Å²) in [5, 5.41) is 0. The van der Waals surface area contributed by atoms with Gasteiger partial charge in [-0.05, 0) is 44.7 Å². The minimum Gasteiger partial charge on any atom is -0.460 e. The van der Waals surface area contributed by atoms with Crippen molar-refractivity contribution in [3.63, 3.8) is 0 Å². The summed E-state index contributed by atoms with van der Waals surface area (Å²) in [6.45, 7) is 8.02. The summed E-state index contributed by atoms with van der Waals surface area (Å²) < 4.78 is 49.8. The molecule has 1 saturated heterocycles. The number of ether oxygens (including phenoxy) is 4.